The van der Waals surface area contributed by atoms with Crippen molar-refractivity contribution in [1.82, 2.24) is 15.1 Å². The van der Waals surface area contributed by atoms with Gasteiger partial charge in [-0.15, -0.1) is 0 Å². The minimum absolute atomic E-state index is 0.553. The number of urea groups is 1. The van der Waals surface area contributed by atoms with E-state index in [-0.39, 0.29) is 0 Å². The van der Waals surface area contributed by atoms with Gasteiger partial charge in [-0.05, 0) is 13.8 Å². The molecule has 7 heteroatoms. The Hall–Kier alpha value is -2.05. The van der Waals surface area contributed by atoms with Crippen molar-refractivity contribution in [3.8, 4) is 0 Å². The van der Waals surface area contributed by atoms with Crippen LogP contribution in [0.25, 0.3) is 0 Å². The number of anilines is 1. The molecule has 0 aliphatic heterocycles. The predicted octanol–water partition coefficient (Wildman–Crippen LogP) is 0.323. The average Bonchev–Trinajstić information content (AvgIpc) is 2.44. The fourth-order valence-corrected chi connectivity index (χ4v) is 1.14. The number of nitrogens with one attached hydrogen (secondary N) is 2. The first kappa shape index (κ1) is 12.0. The molecular formula is C9H14N4O3. The fourth-order valence-electron chi connectivity index (χ4n) is 1.14. The van der Waals surface area contributed by atoms with E-state index in [1.807, 2.05) is 0 Å². The van der Waals surface area contributed by atoms with Crippen LogP contribution in [0.15, 0.2) is 6.20 Å². The lowest BCUT2D eigenvalue weighted by molar-refractivity contribution is -0.138. The maximum atomic E-state index is 11.4. The molecule has 1 atom stereocenters. The van der Waals surface area contributed by atoms with Crippen LogP contribution in [0.2, 0.25) is 0 Å². The number of aromatic nitrogens is 2. The summed E-state index contributed by atoms with van der Waals surface area (Å²) in [6.07, 6.45) is 1.64. The van der Waals surface area contributed by atoms with Crippen LogP contribution < -0.4 is 10.6 Å². The van der Waals surface area contributed by atoms with Crippen molar-refractivity contribution in [2.75, 3.05) is 5.32 Å². The monoisotopic (exact) mass is 226 g/mol. The molecule has 0 fully saturated rings. The summed E-state index contributed by atoms with van der Waals surface area (Å²) in [5, 5.41) is 17.4. The smallest absolute Gasteiger partial charge is 0.325 e. The molecule has 0 spiro atoms. The lowest BCUT2D eigenvalue weighted by Gasteiger charge is -2.09. The zero-order valence-corrected chi connectivity index (χ0v) is 9.31. The summed E-state index contributed by atoms with van der Waals surface area (Å²) < 4.78 is 1.56. The minimum Gasteiger partial charge on any atom is -0.480 e. The molecule has 88 valence electrons. The Kier molecular flexibility index (Phi) is 3.49. The number of carboxylic acid groups (broad SMARTS) is 1. The zero-order valence-electron chi connectivity index (χ0n) is 9.31. The molecule has 1 aromatic heterocycles. The number of hydrogen-bond acceptors (Lipinski definition) is 3. The van der Waals surface area contributed by atoms with Gasteiger partial charge in [-0.2, -0.15) is 5.10 Å². The number of amides is 2. The van der Waals surface area contributed by atoms with E-state index in [4.69, 9.17) is 5.11 Å². The van der Waals surface area contributed by atoms with Crippen LogP contribution in [0, 0.1) is 6.92 Å². The van der Waals surface area contributed by atoms with E-state index in [0.29, 0.717) is 11.4 Å². The molecule has 1 heterocycles. The SMILES string of the molecule is Cc1nn(C)cc1NC(=O)N[C@H](C)C(=O)O. The molecule has 7 nitrogen and oxygen atoms in total. The summed E-state index contributed by atoms with van der Waals surface area (Å²) in [6, 6.07) is -1.50. The third kappa shape index (κ3) is 2.97. The molecular weight excluding hydrogens is 212 g/mol. The second kappa shape index (κ2) is 4.65. The number of carbonyl (C=O) groups is 2. The van der Waals surface area contributed by atoms with E-state index in [1.54, 1.807) is 24.9 Å². The molecule has 0 saturated carbocycles. The first-order valence-electron chi connectivity index (χ1n) is 4.70. The van der Waals surface area contributed by atoms with E-state index < -0.39 is 18.0 Å². The molecule has 0 aromatic carbocycles. The van der Waals surface area contributed by atoms with Gasteiger partial charge in [0, 0.05) is 13.2 Å². The minimum atomic E-state index is -1.09. The number of aryl methyl sites for hydroxylation is 2. The van der Waals surface area contributed by atoms with Crippen LogP contribution in [0.4, 0.5) is 10.5 Å². The summed E-state index contributed by atoms with van der Waals surface area (Å²) in [7, 11) is 1.73. The average molecular weight is 226 g/mol. The van der Waals surface area contributed by atoms with Crippen LogP contribution in [-0.2, 0) is 11.8 Å². The number of rotatable bonds is 3. The van der Waals surface area contributed by atoms with Gasteiger partial charge >= 0.3 is 12.0 Å². The van der Waals surface area contributed by atoms with Gasteiger partial charge in [-0.25, -0.2) is 4.79 Å². The second-order valence-electron chi connectivity index (χ2n) is 3.46. The molecule has 16 heavy (non-hydrogen) atoms. The van der Waals surface area contributed by atoms with Gasteiger partial charge in [0.2, 0.25) is 0 Å². The highest BCUT2D eigenvalue weighted by Crippen LogP contribution is 2.10. The Morgan fingerprint density at radius 2 is 2.19 bits per heavy atom. The Balaban J connectivity index is 2.58. The molecule has 3 N–H and O–H groups in total. The second-order valence-corrected chi connectivity index (χ2v) is 3.46. The summed E-state index contributed by atoms with van der Waals surface area (Å²) in [5.41, 5.74) is 1.22. The largest absolute Gasteiger partial charge is 0.480 e. The molecule has 0 bridgehead atoms. The van der Waals surface area contributed by atoms with Gasteiger partial charge < -0.3 is 15.7 Å². The highest BCUT2D eigenvalue weighted by atomic mass is 16.4. The summed E-state index contributed by atoms with van der Waals surface area (Å²) >= 11 is 0. The molecule has 2 amide bonds. The number of aliphatic carboxylic acids is 1. The Labute approximate surface area is 92.4 Å². The topological polar surface area (TPSA) is 96.3 Å². The van der Waals surface area contributed by atoms with Crippen LogP contribution in [0.1, 0.15) is 12.6 Å². The van der Waals surface area contributed by atoms with Gasteiger partial charge in [-0.1, -0.05) is 0 Å². The molecule has 1 aromatic rings. The normalized spacial score (nSPS) is 11.9. The van der Waals surface area contributed by atoms with Crippen molar-refractivity contribution in [1.29, 1.82) is 0 Å². The van der Waals surface area contributed by atoms with Gasteiger partial charge in [0.15, 0.2) is 0 Å². The number of carbonyl (C=O) groups excluding carboxylic acids is 1. The molecule has 0 aliphatic rings. The zero-order chi connectivity index (χ0) is 12.3. The van der Waals surface area contributed by atoms with Gasteiger partial charge in [0.05, 0.1) is 11.4 Å². The maximum absolute atomic E-state index is 11.4. The summed E-state index contributed by atoms with van der Waals surface area (Å²) in [5.74, 6) is -1.09. The van der Waals surface area contributed by atoms with Crippen LogP contribution in [-0.4, -0.2) is 32.9 Å². The first-order chi connectivity index (χ1) is 7.40. The van der Waals surface area contributed by atoms with Crippen molar-refractivity contribution >= 4 is 17.7 Å². The number of carboxylic acids is 1. The van der Waals surface area contributed by atoms with Crippen molar-refractivity contribution in [3.63, 3.8) is 0 Å². The van der Waals surface area contributed by atoms with E-state index in [1.165, 1.54) is 6.92 Å². The highest BCUT2D eigenvalue weighted by Gasteiger charge is 2.14. The van der Waals surface area contributed by atoms with Crippen molar-refractivity contribution < 1.29 is 14.7 Å². The van der Waals surface area contributed by atoms with E-state index in [2.05, 4.69) is 15.7 Å². The Morgan fingerprint density at radius 3 is 2.62 bits per heavy atom. The van der Waals surface area contributed by atoms with E-state index in [0.717, 1.165) is 0 Å². The first-order valence-corrected chi connectivity index (χ1v) is 4.70. The lowest BCUT2D eigenvalue weighted by atomic mass is 10.3. The summed E-state index contributed by atoms with van der Waals surface area (Å²) in [6.45, 7) is 3.13. The predicted molar refractivity (Wildman–Crippen MR) is 57.2 cm³/mol. The number of nitrogens with zero attached hydrogens (tertiary/aromatic N) is 2. The standard InChI is InChI=1S/C9H14N4O3/c1-5-7(4-13(3)12-5)11-9(16)10-6(2)8(14)15/h4,6H,1-3H3,(H,14,15)(H2,10,11,16)/t6-/m1/s1. The van der Waals surface area contributed by atoms with Crippen molar-refractivity contribution in [2.24, 2.45) is 7.05 Å². The van der Waals surface area contributed by atoms with Gasteiger partial charge in [0.25, 0.3) is 0 Å². The third-order valence-corrected chi connectivity index (χ3v) is 1.98. The quantitative estimate of drug-likeness (QED) is 0.691. The number of hydrogen-bond donors (Lipinski definition) is 3. The van der Waals surface area contributed by atoms with Gasteiger partial charge in [-0.3, -0.25) is 9.48 Å². The molecule has 1 rings (SSSR count). The summed E-state index contributed by atoms with van der Waals surface area (Å²) in [4.78, 5) is 21.9. The van der Waals surface area contributed by atoms with E-state index >= 15 is 0 Å². The molecule has 0 unspecified atom stereocenters. The van der Waals surface area contributed by atoms with Crippen molar-refractivity contribution in [3.05, 3.63) is 11.9 Å². The molecule has 0 aliphatic carbocycles. The molecule has 0 radical (unpaired) electrons. The van der Waals surface area contributed by atoms with Crippen molar-refractivity contribution in [2.45, 2.75) is 19.9 Å². The third-order valence-electron chi connectivity index (χ3n) is 1.98. The molecule has 0 saturated heterocycles. The van der Waals surface area contributed by atoms with Crippen LogP contribution >= 0.6 is 0 Å². The van der Waals surface area contributed by atoms with Crippen LogP contribution in [0.5, 0.6) is 0 Å². The Morgan fingerprint density at radius 1 is 1.56 bits per heavy atom. The Bertz CT molecular complexity index is 413. The van der Waals surface area contributed by atoms with Crippen LogP contribution in [0.3, 0.4) is 0 Å². The highest BCUT2D eigenvalue weighted by molar-refractivity contribution is 5.92. The van der Waals surface area contributed by atoms with E-state index in [9.17, 15) is 9.59 Å². The van der Waals surface area contributed by atoms with Gasteiger partial charge in [0.1, 0.15) is 6.04 Å². The lowest BCUT2D eigenvalue weighted by Crippen LogP contribution is -2.40. The maximum Gasteiger partial charge on any atom is 0.325 e. The fraction of sp³-hybridized carbons (Fsp3) is 0.444.